The van der Waals surface area contributed by atoms with Crippen LogP contribution in [0.2, 0.25) is 0 Å². The van der Waals surface area contributed by atoms with Gasteiger partial charge in [-0.1, -0.05) is 6.42 Å². The fraction of sp³-hybridized carbons (Fsp3) is 0.417. The first-order chi connectivity index (χ1) is 9.90. The van der Waals surface area contributed by atoms with Gasteiger partial charge in [0.25, 0.3) is 11.6 Å². The number of aliphatic carboxylic acids is 1. The Kier molecular flexibility index (Phi) is 4.01. The summed E-state index contributed by atoms with van der Waals surface area (Å²) in [5.74, 6) is -2.29. The van der Waals surface area contributed by atoms with Crippen molar-refractivity contribution in [1.82, 2.24) is 4.98 Å². The maximum Gasteiger partial charge on any atom is 0.308 e. The molecule has 1 heterocycles. The van der Waals surface area contributed by atoms with Crippen LogP contribution in [0, 0.1) is 16.0 Å². The van der Waals surface area contributed by atoms with Gasteiger partial charge in [0.1, 0.15) is 12.0 Å². The average molecular weight is 294 g/mol. The average Bonchev–Trinajstić information content (AvgIpc) is 2.87. The first kappa shape index (κ1) is 14.7. The number of hydrogen-bond donors (Lipinski definition) is 3. The van der Waals surface area contributed by atoms with Crippen LogP contribution in [0.15, 0.2) is 12.3 Å². The fourth-order valence-corrected chi connectivity index (χ4v) is 2.46. The van der Waals surface area contributed by atoms with Crippen molar-refractivity contribution in [2.24, 2.45) is 11.7 Å². The number of primary amides is 1. The number of aromatic nitrogens is 1. The van der Waals surface area contributed by atoms with E-state index >= 15 is 0 Å². The van der Waals surface area contributed by atoms with Crippen molar-refractivity contribution in [1.29, 1.82) is 0 Å². The maximum absolute atomic E-state index is 11.4. The lowest BCUT2D eigenvalue weighted by Crippen LogP contribution is -2.31. The van der Waals surface area contributed by atoms with Gasteiger partial charge in [0.05, 0.1) is 16.4 Å². The molecule has 0 spiro atoms. The Balaban J connectivity index is 2.29. The summed E-state index contributed by atoms with van der Waals surface area (Å²) in [6.45, 7) is 0. The molecule has 0 radical (unpaired) electrons. The van der Waals surface area contributed by atoms with Gasteiger partial charge in [0.15, 0.2) is 0 Å². The van der Waals surface area contributed by atoms with E-state index in [2.05, 4.69) is 10.3 Å². The van der Waals surface area contributed by atoms with E-state index in [0.717, 1.165) is 18.7 Å². The number of nitro groups is 1. The summed E-state index contributed by atoms with van der Waals surface area (Å²) in [6, 6.07) is 0.650. The fourth-order valence-electron chi connectivity index (χ4n) is 2.46. The lowest BCUT2D eigenvalue weighted by Gasteiger charge is -2.19. The lowest BCUT2D eigenvalue weighted by atomic mass is 10.0. The van der Waals surface area contributed by atoms with Crippen molar-refractivity contribution in [3.8, 4) is 0 Å². The Hall–Kier alpha value is -2.71. The van der Waals surface area contributed by atoms with Gasteiger partial charge in [-0.15, -0.1) is 0 Å². The summed E-state index contributed by atoms with van der Waals surface area (Å²) in [7, 11) is 0. The van der Waals surface area contributed by atoms with E-state index in [1.54, 1.807) is 0 Å². The molecule has 0 aromatic carbocycles. The summed E-state index contributed by atoms with van der Waals surface area (Å²) in [6.07, 6.45) is 2.90. The molecule has 2 unspecified atom stereocenters. The molecule has 2 atom stereocenters. The van der Waals surface area contributed by atoms with E-state index < -0.39 is 22.7 Å². The van der Waals surface area contributed by atoms with E-state index in [0.29, 0.717) is 12.8 Å². The number of anilines is 1. The molecule has 112 valence electrons. The third kappa shape index (κ3) is 3.07. The molecule has 1 aliphatic rings. The highest BCUT2D eigenvalue weighted by Crippen LogP contribution is 2.29. The van der Waals surface area contributed by atoms with Crippen LogP contribution < -0.4 is 11.1 Å². The third-order valence-corrected chi connectivity index (χ3v) is 3.50. The monoisotopic (exact) mass is 294 g/mol. The summed E-state index contributed by atoms with van der Waals surface area (Å²) in [4.78, 5) is 36.4. The van der Waals surface area contributed by atoms with Crippen LogP contribution >= 0.6 is 0 Å². The Morgan fingerprint density at radius 1 is 1.48 bits per heavy atom. The summed E-state index contributed by atoms with van der Waals surface area (Å²) in [5.41, 5.74) is 4.72. The molecular formula is C12H14N4O5. The van der Waals surface area contributed by atoms with Crippen LogP contribution in [0.1, 0.15) is 29.6 Å². The first-order valence-electron chi connectivity index (χ1n) is 6.33. The predicted octanol–water partition coefficient (Wildman–Crippen LogP) is 0.754. The van der Waals surface area contributed by atoms with E-state index in [4.69, 9.17) is 10.8 Å². The zero-order valence-corrected chi connectivity index (χ0v) is 11.0. The molecule has 21 heavy (non-hydrogen) atoms. The van der Waals surface area contributed by atoms with Crippen molar-refractivity contribution in [2.45, 2.75) is 25.3 Å². The number of carboxylic acids is 1. The second kappa shape index (κ2) is 5.73. The number of nitrogens with one attached hydrogen (secondary N) is 1. The Morgan fingerprint density at radius 2 is 2.19 bits per heavy atom. The van der Waals surface area contributed by atoms with Gasteiger partial charge in [-0.05, 0) is 12.8 Å². The number of nitrogens with zero attached hydrogens (tertiary/aromatic N) is 2. The van der Waals surface area contributed by atoms with Crippen LogP contribution in [0.3, 0.4) is 0 Å². The minimum Gasteiger partial charge on any atom is -0.481 e. The van der Waals surface area contributed by atoms with E-state index in [1.807, 2.05) is 0 Å². The predicted molar refractivity (Wildman–Crippen MR) is 71.8 cm³/mol. The van der Waals surface area contributed by atoms with Crippen LogP contribution in [0.5, 0.6) is 0 Å². The molecule has 9 heteroatoms. The maximum atomic E-state index is 11.4. The van der Waals surface area contributed by atoms with Crippen molar-refractivity contribution in [2.75, 3.05) is 5.32 Å². The number of carbonyl (C=O) groups is 2. The summed E-state index contributed by atoms with van der Waals surface area (Å²) in [5, 5.41) is 22.7. The van der Waals surface area contributed by atoms with Crippen LogP contribution in [0.25, 0.3) is 0 Å². The highest BCUT2D eigenvalue weighted by Gasteiger charge is 2.33. The standard InChI is InChI=1S/C12H14N4O5/c13-10(17)8-4-6(16(20)21)5-14-11(8)15-9-3-1-2-7(9)12(18)19/h4-5,7,9H,1-3H2,(H2,13,17)(H,14,15)(H,18,19). The highest BCUT2D eigenvalue weighted by atomic mass is 16.6. The highest BCUT2D eigenvalue weighted by molar-refractivity contribution is 5.98. The van der Waals surface area contributed by atoms with E-state index in [9.17, 15) is 19.7 Å². The van der Waals surface area contributed by atoms with Gasteiger partial charge >= 0.3 is 5.97 Å². The minimum absolute atomic E-state index is 0.0752. The number of rotatable bonds is 5. The van der Waals surface area contributed by atoms with Gasteiger partial charge in [0.2, 0.25) is 0 Å². The molecule has 1 aliphatic carbocycles. The van der Waals surface area contributed by atoms with Crippen molar-refractivity contribution in [3.63, 3.8) is 0 Å². The molecule has 4 N–H and O–H groups in total. The molecule has 0 saturated heterocycles. The zero-order valence-electron chi connectivity index (χ0n) is 11.0. The molecule has 0 bridgehead atoms. The van der Waals surface area contributed by atoms with E-state index in [-0.39, 0.29) is 23.1 Å². The van der Waals surface area contributed by atoms with Crippen molar-refractivity contribution < 1.29 is 19.6 Å². The number of carbonyl (C=O) groups excluding carboxylic acids is 1. The molecule has 0 aliphatic heterocycles. The van der Waals surface area contributed by atoms with Gasteiger partial charge in [-0.3, -0.25) is 19.7 Å². The molecule has 9 nitrogen and oxygen atoms in total. The zero-order chi connectivity index (χ0) is 15.6. The number of amides is 1. The quantitative estimate of drug-likeness (QED) is 0.536. The molecule has 1 saturated carbocycles. The second-order valence-electron chi connectivity index (χ2n) is 4.84. The van der Waals surface area contributed by atoms with Crippen molar-refractivity contribution in [3.05, 3.63) is 27.9 Å². The SMILES string of the molecule is NC(=O)c1cc([N+](=O)[O-])cnc1NC1CCCC1C(=O)O. The number of nitrogens with two attached hydrogens (primary N) is 1. The summed E-state index contributed by atoms with van der Waals surface area (Å²) < 4.78 is 0. The first-order valence-corrected chi connectivity index (χ1v) is 6.33. The second-order valence-corrected chi connectivity index (χ2v) is 4.84. The Labute approximate surface area is 119 Å². The van der Waals surface area contributed by atoms with E-state index in [1.165, 1.54) is 0 Å². The topological polar surface area (TPSA) is 148 Å². The Bertz CT molecular complexity index is 603. The van der Waals surface area contributed by atoms with Crippen LogP contribution in [-0.2, 0) is 4.79 Å². The molecular weight excluding hydrogens is 280 g/mol. The van der Waals surface area contributed by atoms with Gasteiger partial charge in [-0.2, -0.15) is 0 Å². The number of pyridine rings is 1. The number of hydrogen-bond acceptors (Lipinski definition) is 6. The Morgan fingerprint density at radius 3 is 2.76 bits per heavy atom. The molecule has 1 amide bonds. The third-order valence-electron chi connectivity index (χ3n) is 3.50. The molecule has 1 aromatic heterocycles. The smallest absolute Gasteiger partial charge is 0.308 e. The molecule has 2 rings (SSSR count). The number of carboxylic acid groups (broad SMARTS) is 1. The van der Waals surface area contributed by atoms with Crippen molar-refractivity contribution >= 4 is 23.4 Å². The molecule has 1 aromatic rings. The van der Waals surface area contributed by atoms with Crippen LogP contribution in [0.4, 0.5) is 11.5 Å². The van der Waals surface area contributed by atoms with Crippen LogP contribution in [-0.4, -0.2) is 32.9 Å². The normalized spacial score (nSPS) is 21.0. The molecule has 1 fully saturated rings. The minimum atomic E-state index is -0.924. The largest absolute Gasteiger partial charge is 0.481 e. The van der Waals surface area contributed by atoms with Gasteiger partial charge < -0.3 is 16.2 Å². The van der Waals surface area contributed by atoms with Gasteiger partial charge in [-0.25, -0.2) is 4.98 Å². The summed E-state index contributed by atoms with van der Waals surface area (Å²) >= 11 is 0. The van der Waals surface area contributed by atoms with Gasteiger partial charge in [0, 0.05) is 12.1 Å². The lowest BCUT2D eigenvalue weighted by molar-refractivity contribution is -0.385.